The first-order valence-electron chi connectivity index (χ1n) is 11.3. The van der Waals surface area contributed by atoms with E-state index in [2.05, 4.69) is 24.3 Å². The molecule has 0 spiro atoms. The maximum Gasteiger partial charge on any atom is 0.455 e. The van der Waals surface area contributed by atoms with Crippen LogP contribution in [-0.2, 0) is 9.36 Å². The fraction of sp³-hybridized carbons (Fsp3) is 0.179. The Morgan fingerprint density at radius 2 is 1.39 bits per heavy atom. The maximum atomic E-state index is 13.9. The fourth-order valence-corrected chi connectivity index (χ4v) is 6.39. The van der Waals surface area contributed by atoms with Crippen LogP contribution >= 0.6 is 7.60 Å². The second-order valence-electron chi connectivity index (χ2n) is 8.81. The molecule has 33 heavy (non-hydrogen) atoms. The summed E-state index contributed by atoms with van der Waals surface area (Å²) in [5.74, 6) is 3.28. The second-order valence-corrected chi connectivity index (χ2v) is 10.6. The zero-order valence-corrected chi connectivity index (χ0v) is 19.0. The van der Waals surface area contributed by atoms with Gasteiger partial charge in [-0.1, -0.05) is 66.7 Å². The first-order chi connectivity index (χ1) is 16.1. The van der Waals surface area contributed by atoms with Gasteiger partial charge in [0.1, 0.15) is 17.3 Å². The van der Waals surface area contributed by atoms with Gasteiger partial charge in [0.05, 0.1) is 0 Å². The fourth-order valence-electron chi connectivity index (χ4n) is 5.00. The second kappa shape index (κ2) is 7.90. The van der Waals surface area contributed by atoms with E-state index in [9.17, 15) is 9.36 Å². The van der Waals surface area contributed by atoms with Crippen LogP contribution in [0, 0.1) is 5.92 Å². The molecule has 164 valence electrons. The number of hydrogen-bond acceptors (Lipinski definition) is 4. The minimum Gasteiger partial charge on any atom is -0.413 e. The quantitative estimate of drug-likeness (QED) is 0.295. The van der Waals surface area contributed by atoms with E-state index in [4.69, 9.17) is 9.05 Å². The molecule has 0 unspecified atom stereocenters. The first kappa shape index (κ1) is 20.3. The highest BCUT2D eigenvalue weighted by Gasteiger charge is 2.33. The van der Waals surface area contributed by atoms with Crippen LogP contribution in [0.5, 0.6) is 11.5 Å². The molecule has 0 amide bonds. The summed E-state index contributed by atoms with van der Waals surface area (Å²) in [6.07, 6.45) is 4.68. The van der Waals surface area contributed by atoms with Crippen molar-refractivity contribution in [3.63, 3.8) is 0 Å². The van der Waals surface area contributed by atoms with Crippen molar-refractivity contribution in [2.75, 3.05) is 0 Å². The standard InChI is InChI=1S/C28H23O4P/c29-22-14-11-19(18-22)6-5-17-33(30)31-25-15-12-20-7-1-3-9-23(20)27(25)28-24-10-4-2-8-21(24)13-16-26(28)32-33/h1-5,7-10,12-13,15-17,19H,6,11,14,18H2/b17-5+/t19-/m1/s1. The summed E-state index contributed by atoms with van der Waals surface area (Å²) >= 11 is 0. The Bertz CT molecular complexity index is 1400. The van der Waals surface area contributed by atoms with Gasteiger partial charge in [-0.2, -0.15) is 0 Å². The summed E-state index contributed by atoms with van der Waals surface area (Å²) in [4.78, 5) is 11.6. The van der Waals surface area contributed by atoms with Crippen LogP contribution in [0.4, 0.5) is 0 Å². The van der Waals surface area contributed by atoms with Crippen LogP contribution in [0.2, 0.25) is 0 Å². The lowest BCUT2D eigenvalue weighted by molar-refractivity contribution is -0.117. The number of carbonyl (C=O) groups excluding carboxylic acids is 1. The van der Waals surface area contributed by atoms with Crippen LogP contribution in [0.15, 0.2) is 84.7 Å². The Balaban J connectivity index is 1.52. The van der Waals surface area contributed by atoms with Crippen molar-refractivity contribution in [3.8, 4) is 22.6 Å². The smallest absolute Gasteiger partial charge is 0.413 e. The van der Waals surface area contributed by atoms with Crippen LogP contribution in [-0.4, -0.2) is 5.78 Å². The molecule has 4 aromatic carbocycles. The third-order valence-corrected chi connectivity index (χ3v) is 8.07. The molecular formula is C28H23O4P. The van der Waals surface area contributed by atoms with Crippen LogP contribution < -0.4 is 9.05 Å². The van der Waals surface area contributed by atoms with Crippen molar-refractivity contribution in [1.82, 2.24) is 0 Å². The van der Waals surface area contributed by atoms with Crippen molar-refractivity contribution in [1.29, 1.82) is 0 Å². The van der Waals surface area contributed by atoms with Gasteiger partial charge in [0, 0.05) is 29.8 Å². The van der Waals surface area contributed by atoms with E-state index < -0.39 is 7.60 Å². The number of Topliss-reactive ketones (excluding diaryl/α,β-unsaturated/α-hetero) is 1. The number of carbonyl (C=O) groups is 1. The molecule has 6 rings (SSSR count). The summed E-state index contributed by atoms with van der Waals surface area (Å²) < 4.78 is 26.2. The van der Waals surface area contributed by atoms with Gasteiger partial charge in [-0.05, 0) is 52.4 Å². The molecule has 0 saturated heterocycles. The Hall–Kier alpha value is -3.36. The largest absolute Gasteiger partial charge is 0.455 e. The first-order valence-corrected chi connectivity index (χ1v) is 12.9. The van der Waals surface area contributed by atoms with Crippen LogP contribution in [0.25, 0.3) is 32.7 Å². The number of fused-ring (bicyclic) bond motifs is 7. The summed E-state index contributed by atoms with van der Waals surface area (Å²) in [7, 11) is -3.62. The van der Waals surface area contributed by atoms with E-state index in [1.54, 1.807) is 5.82 Å². The summed E-state index contributed by atoms with van der Waals surface area (Å²) in [5.41, 5.74) is 1.79. The average molecular weight is 454 g/mol. The van der Waals surface area contributed by atoms with E-state index in [0.717, 1.165) is 39.1 Å². The molecular weight excluding hydrogens is 431 g/mol. The Morgan fingerprint density at radius 3 is 1.94 bits per heavy atom. The lowest BCUT2D eigenvalue weighted by Gasteiger charge is -2.15. The topological polar surface area (TPSA) is 52.6 Å². The van der Waals surface area contributed by atoms with Gasteiger partial charge in [0.2, 0.25) is 0 Å². The predicted molar refractivity (Wildman–Crippen MR) is 132 cm³/mol. The van der Waals surface area contributed by atoms with E-state index in [1.165, 1.54) is 0 Å². The molecule has 1 aliphatic carbocycles. The molecule has 1 saturated carbocycles. The van der Waals surface area contributed by atoms with Crippen LogP contribution in [0.1, 0.15) is 25.7 Å². The van der Waals surface area contributed by atoms with E-state index >= 15 is 0 Å². The number of hydrogen-bond donors (Lipinski definition) is 0. The van der Waals surface area contributed by atoms with Crippen LogP contribution in [0.3, 0.4) is 0 Å². The number of benzene rings is 4. The third kappa shape index (κ3) is 3.65. The molecule has 1 atom stereocenters. The van der Waals surface area contributed by atoms with Gasteiger partial charge in [0.15, 0.2) is 0 Å². The van der Waals surface area contributed by atoms with Crippen molar-refractivity contribution in [2.24, 2.45) is 5.92 Å². The predicted octanol–water partition coefficient (Wildman–Crippen LogP) is 7.90. The molecule has 4 nitrogen and oxygen atoms in total. The van der Waals surface area contributed by atoms with Crippen molar-refractivity contribution >= 4 is 34.9 Å². The molecule has 5 heteroatoms. The van der Waals surface area contributed by atoms with Gasteiger partial charge < -0.3 is 9.05 Å². The van der Waals surface area contributed by atoms with E-state index in [-0.39, 0.29) is 0 Å². The van der Waals surface area contributed by atoms with E-state index in [1.807, 2.05) is 54.6 Å². The Morgan fingerprint density at radius 1 is 0.818 bits per heavy atom. The van der Waals surface area contributed by atoms with Gasteiger partial charge in [-0.3, -0.25) is 4.79 Å². The van der Waals surface area contributed by atoms with Crippen molar-refractivity contribution < 1.29 is 18.4 Å². The monoisotopic (exact) mass is 454 g/mol. The molecule has 4 aromatic rings. The number of ketones is 1. The molecule has 0 N–H and O–H groups in total. The van der Waals surface area contributed by atoms with Gasteiger partial charge in [-0.15, -0.1) is 0 Å². The minimum absolute atomic E-state index is 0.305. The zero-order chi connectivity index (χ0) is 22.4. The molecule has 1 heterocycles. The lowest BCUT2D eigenvalue weighted by atomic mass is 9.92. The molecule has 1 aliphatic heterocycles. The normalized spacial score (nSPS) is 19.2. The summed E-state index contributed by atoms with van der Waals surface area (Å²) in [6, 6.07) is 24.0. The number of allylic oxidation sites excluding steroid dienone is 1. The third-order valence-electron chi connectivity index (χ3n) is 6.59. The minimum atomic E-state index is -3.62. The van der Waals surface area contributed by atoms with Crippen molar-refractivity contribution in [3.05, 3.63) is 84.7 Å². The Kier molecular flexibility index (Phi) is 4.85. The number of rotatable bonds is 3. The maximum absolute atomic E-state index is 13.9. The molecule has 1 fully saturated rings. The molecule has 0 bridgehead atoms. The van der Waals surface area contributed by atoms with Gasteiger partial charge >= 0.3 is 7.60 Å². The summed E-state index contributed by atoms with van der Waals surface area (Å²) in [6.45, 7) is 0. The van der Waals surface area contributed by atoms with Gasteiger partial charge in [-0.25, -0.2) is 4.57 Å². The molecule has 2 aliphatic rings. The Labute approximate surface area is 192 Å². The SMILES string of the molecule is O=C1CC[C@@H](C/C=C/P2(=O)Oc3ccc4ccccc4c3-c3c(ccc4ccccc34)O2)C1. The van der Waals surface area contributed by atoms with Crippen molar-refractivity contribution in [2.45, 2.75) is 25.7 Å². The average Bonchev–Trinajstić information content (AvgIpc) is 3.18. The van der Waals surface area contributed by atoms with Gasteiger partial charge in [0.25, 0.3) is 0 Å². The molecule has 0 aromatic heterocycles. The zero-order valence-electron chi connectivity index (χ0n) is 18.1. The lowest BCUT2D eigenvalue weighted by Crippen LogP contribution is -1.98. The highest BCUT2D eigenvalue weighted by molar-refractivity contribution is 7.58. The highest BCUT2D eigenvalue weighted by atomic mass is 31.2. The summed E-state index contributed by atoms with van der Waals surface area (Å²) in [5, 5.41) is 4.21. The highest BCUT2D eigenvalue weighted by Crippen LogP contribution is 2.59. The van der Waals surface area contributed by atoms with E-state index in [0.29, 0.717) is 42.5 Å². The molecule has 0 radical (unpaired) electrons.